The molecule has 0 spiro atoms. The lowest BCUT2D eigenvalue weighted by atomic mass is 10.1. The molecule has 0 unspecified atom stereocenters. The van der Waals surface area contributed by atoms with Gasteiger partial charge in [-0.05, 0) is 31.8 Å². The third-order valence-electron chi connectivity index (χ3n) is 3.90. The van der Waals surface area contributed by atoms with Crippen molar-refractivity contribution in [1.29, 1.82) is 0 Å². The van der Waals surface area contributed by atoms with Gasteiger partial charge in [-0.1, -0.05) is 54.2 Å². The van der Waals surface area contributed by atoms with Crippen molar-refractivity contribution in [3.8, 4) is 0 Å². The van der Waals surface area contributed by atoms with Crippen LogP contribution < -0.4 is 5.32 Å². The molecule has 6 heteroatoms. The monoisotopic (exact) mass is 355 g/mol. The maximum atomic E-state index is 12.2. The number of amides is 1. The molecule has 5 nitrogen and oxygen atoms in total. The Balaban J connectivity index is 1.53. The molecule has 1 aromatic heterocycles. The molecule has 2 aromatic carbocycles. The first-order valence-electron chi connectivity index (χ1n) is 8.10. The second kappa shape index (κ2) is 8.18. The van der Waals surface area contributed by atoms with Crippen LogP contribution in [0, 0.1) is 0 Å². The maximum Gasteiger partial charge on any atom is 0.257 e. The van der Waals surface area contributed by atoms with Gasteiger partial charge in [0.05, 0.1) is 11.8 Å². The fourth-order valence-corrected chi connectivity index (χ4v) is 3.24. The van der Waals surface area contributed by atoms with E-state index in [2.05, 4.69) is 27.3 Å². The normalized spacial score (nSPS) is 12.4. The van der Waals surface area contributed by atoms with Crippen LogP contribution in [0.15, 0.2) is 64.2 Å². The van der Waals surface area contributed by atoms with Gasteiger partial charge in [-0.15, -0.1) is 0 Å². The molecule has 1 amide bonds. The minimum Gasteiger partial charge on any atom is -0.431 e. The number of hydrogen-bond donors (Lipinski definition) is 1. The summed E-state index contributed by atoms with van der Waals surface area (Å²) in [6.45, 7) is 0.559. The third-order valence-corrected chi connectivity index (χ3v) is 4.73. The van der Waals surface area contributed by atoms with E-state index in [-0.39, 0.29) is 17.7 Å². The van der Waals surface area contributed by atoms with Crippen LogP contribution in [-0.2, 0) is 4.79 Å². The van der Waals surface area contributed by atoms with Gasteiger partial charge in [0.2, 0.25) is 5.91 Å². The van der Waals surface area contributed by atoms with Crippen LogP contribution in [0.1, 0.15) is 11.6 Å². The molecular formula is C19H21N3O2S. The van der Waals surface area contributed by atoms with Gasteiger partial charge in [0.15, 0.2) is 5.58 Å². The highest BCUT2D eigenvalue weighted by Crippen LogP contribution is 2.23. The first-order valence-corrected chi connectivity index (χ1v) is 9.08. The van der Waals surface area contributed by atoms with E-state index in [1.165, 1.54) is 17.3 Å². The molecule has 1 N–H and O–H groups in total. The predicted octanol–water partition coefficient (Wildman–Crippen LogP) is 3.34. The Kier molecular flexibility index (Phi) is 5.73. The Labute approximate surface area is 151 Å². The zero-order valence-electron chi connectivity index (χ0n) is 14.3. The molecule has 130 valence electrons. The second-order valence-corrected chi connectivity index (χ2v) is 6.86. The van der Waals surface area contributed by atoms with Crippen molar-refractivity contribution in [2.24, 2.45) is 0 Å². The lowest BCUT2D eigenvalue weighted by molar-refractivity contribution is -0.118. The predicted molar refractivity (Wildman–Crippen MR) is 101 cm³/mol. The van der Waals surface area contributed by atoms with Crippen LogP contribution in [0.3, 0.4) is 0 Å². The van der Waals surface area contributed by atoms with E-state index in [0.717, 1.165) is 11.1 Å². The molecule has 0 aliphatic carbocycles. The smallest absolute Gasteiger partial charge is 0.257 e. The number of rotatable bonds is 7. The van der Waals surface area contributed by atoms with Crippen molar-refractivity contribution in [3.05, 3.63) is 60.2 Å². The molecule has 0 radical (unpaired) electrons. The van der Waals surface area contributed by atoms with Crippen molar-refractivity contribution in [1.82, 2.24) is 15.2 Å². The Morgan fingerprint density at radius 1 is 1.16 bits per heavy atom. The van der Waals surface area contributed by atoms with Gasteiger partial charge in [-0.2, -0.15) is 0 Å². The number of carbonyl (C=O) groups excluding carboxylic acids is 1. The van der Waals surface area contributed by atoms with Crippen molar-refractivity contribution in [2.75, 3.05) is 26.4 Å². The summed E-state index contributed by atoms with van der Waals surface area (Å²) in [6.07, 6.45) is 0. The zero-order valence-corrected chi connectivity index (χ0v) is 15.1. The fraction of sp³-hybridized carbons (Fsp3) is 0.263. The minimum absolute atomic E-state index is 0.0324. The largest absolute Gasteiger partial charge is 0.431 e. The van der Waals surface area contributed by atoms with Gasteiger partial charge < -0.3 is 14.6 Å². The number of nitrogens with one attached hydrogen (secondary N) is 1. The number of carbonyl (C=O) groups is 1. The quantitative estimate of drug-likeness (QED) is 0.659. The molecule has 0 fully saturated rings. The number of likely N-dealkylation sites (N-methyl/N-ethyl adjacent to an activating group) is 1. The number of aromatic nitrogens is 1. The number of oxazole rings is 1. The van der Waals surface area contributed by atoms with Crippen LogP contribution in [0.25, 0.3) is 11.1 Å². The van der Waals surface area contributed by atoms with E-state index in [0.29, 0.717) is 11.8 Å². The summed E-state index contributed by atoms with van der Waals surface area (Å²) >= 11 is 1.31. The highest BCUT2D eigenvalue weighted by atomic mass is 32.2. The summed E-state index contributed by atoms with van der Waals surface area (Å²) in [7, 11) is 4.02. The molecule has 0 aliphatic rings. The summed E-state index contributed by atoms with van der Waals surface area (Å²) in [5, 5.41) is 3.51. The summed E-state index contributed by atoms with van der Waals surface area (Å²) < 4.78 is 5.62. The molecule has 3 rings (SSSR count). The molecule has 1 heterocycles. The summed E-state index contributed by atoms with van der Waals surface area (Å²) in [5.41, 5.74) is 2.73. The summed E-state index contributed by atoms with van der Waals surface area (Å²) in [6, 6.07) is 17.9. The van der Waals surface area contributed by atoms with E-state index in [1.807, 2.05) is 56.6 Å². The van der Waals surface area contributed by atoms with E-state index < -0.39 is 0 Å². The topological polar surface area (TPSA) is 58.4 Å². The second-order valence-electron chi connectivity index (χ2n) is 5.93. The Hall–Kier alpha value is -2.31. The Morgan fingerprint density at radius 3 is 2.60 bits per heavy atom. The number of nitrogens with zero attached hydrogens (tertiary/aromatic N) is 2. The van der Waals surface area contributed by atoms with Crippen molar-refractivity contribution in [2.45, 2.75) is 11.3 Å². The maximum absolute atomic E-state index is 12.2. The number of para-hydroxylation sites is 2. The highest BCUT2D eigenvalue weighted by Gasteiger charge is 2.15. The van der Waals surface area contributed by atoms with E-state index in [9.17, 15) is 4.79 Å². The van der Waals surface area contributed by atoms with Gasteiger partial charge in [0.1, 0.15) is 5.52 Å². The molecule has 0 saturated carbocycles. The summed E-state index contributed by atoms with van der Waals surface area (Å²) in [5.74, 6) is 0.247. The first kappa shape index (κ1) is 17.5. The van der Waals surface area contributed by atoms with E-state index >= 15 is 0 Å². The molecule has 0 bridgehead atoms. The molecule has 0 saturated heterocycles. The van der Waals surface area contributed by atoms with Crippen LogP contribution in [0.4, 0.5) is 0 Å². The SMILES string of the molecule is CN(C)[C@@H](CNC(=O)CSc1nc2ccccc2o1)c1ccccc1. The van der Waals surface area contributed by atoms with Crippen molar-refractivity contribution < 1.29 is 9.21 Å². The molecule has 25 heavy (non-hydrogen) atoms. The minimum atomic E-state index is -0.0324. The lowest BCUT2D eigenvalue weighted by Gasteiger charge is -2.25. The van der Waals surface area contributed by atoms with Crippen LogP contribution >= 0.6 is 11.8 Å². The zero-order chi connectivity index (χ0) is 17.6. The van der Waals surface area contributed by atoms with Gasteiger partial charge in [-0.3, -0.25) is 4.79 Å². The average molecular weight is 355 g/mol. The highest BCUT2D eigenvalue weighted by molar-refractivity contribution is 7.99. The Bertz CT molecular complexity index is 800. The van der Waals surface area contributed by atoms with Gasteiger partial charge in [-0.25, -0.2) is 4.98 Å². The van der Waals surface area contributed by atoms with Crippen molar-refractivity contribution >= 4 is 28.8 Å². The van der Waals surface area contributed by atoms with Gasteiger partial charge in [0, 0.05) is 6.54 Å². The molecule has 0 aliphatic heterocycles. The Morgan fingerprint density at radius 2 is 1.88 bits per heavy atom. The number of thioether (sulfide) groups is 1. The lowest BCUT2D eigenvalue weighted by Crippen LogP contribution is -2.35. The van der Waals surface area contributed by atoms with Crippen LogP contribution in [-0.4, -0.2) is 42.2 Å². The molecule has 3 aromatic rings. The van der Waals surface area contributed by atoms with Crippen molar-refractivity contribution in [3.63, 3.8) is 0 Å². The van der Waals surface area contributed by atoms with E-state index in [4.69, 9.17) is 4.42 Å². The van der Waals surface area contributed by atoms with Crippen LogP contribution in [0.5, 0.6) is 0 Å². The van der Waals surface area contributed by atoms with Crippen LogP contribution in [0.2, 0.25) is 0 Å². The molecular weight excluding hydrogens is 334 g/mol. The first-order chi connectivity index (χ1) is 12.1. The number of benzene rings is 2. The van der Waals surface area contributed by atoms with Gasteiger partial charge >= 0.3 is 0 Å². The standard InChI is InChI=1S/C19H21N3O2S/c1-22(2)16(14-8-4-3-5-9-14)12-20-18(23)13-25-19-21-15-10-6-7-11-17(15)24-19/h3-11,16H,12-13H2,1-2H3,(H,20,23)/t16-/m0/s1. The number of fused-ring (bicyclic) bond motifs is 1. The fourth-order valence-electron chi connectivity index (χ4n) is 2.58. The molecule has 1 atom stereocenters. The number of hydrogen-bond acceptors (Lipinski definition) is 5. The van der Waals surface area contributed by atoms with E-state index in [1.54, 1.807) is 0 Å². The third kappa shape index (κ3) is 4.61. The average Bonchev–Trinajstić information content (AvgIpc) is 3.04. The van der Waals surface area contributed by atoms with Gasteiger partial charge in [0.25, 0.3) is 5.22 Å². The summed E-state index contributed by atoms with van der Waals surface area (Å²) in [4.78, 5) is 18.6.